The number of aromatic nitrogens is 2. The molecule has 0 radical (unpaired) electrons. The van der Waals surface area contributed by atoms with Gasteiger partial charge in [-0.1, -0.05) is 43.2 Å². The summed E-state index contributed by atoms with van der Waals surface area (Å²) in [6, 6.07) is 15.3. The molecule has 0 aliphatic heterocycles. The molecule has 0 spiro atoms. The maximum absolute atomic E-state index is 13.1. The lowest BCUT2D eigenvalue weighted by Gasteiger charge is -2.14. The number of unbranched alkanes of at least 4 members (excludes halogenated alkanes) is 1. The van der Waals surface area contributed by atoms with E-state index in [0.717, 1.165) is 30.7 Å². The molecule has 0 saturated carbocycles. The molecule has 0 amide bonds. The first kappa shape index (κ1) is 19.3. The highest BCUT2D eigenvalue weighted by molar-refractivity contribution is 5.77. The summed E-state index contributed by atoms with van der Waals surface area (Å²) in [5.41, 5.74) is 2.54. The molecule has 0 aliphatic carbocycles. The number of benzene rings is 2. The molecule has 27 heavy (non-hydrogen) atoms. The minimum Gasteiger partial charge on any atom is -0.379 e. The van der Waals surface area contributed by atoms with Crippen molar-refractivity contribution in [2.75, 3.05) is 19.8 Å². The zero-order chi connectivity index (χ0) is 19.1. The van der Waals surface area contributed by atoms with E-state index in [1.165, 1.54) is 0 Å². The fourth-order valence-corrected chi connectivity index (χ4v) is 2.87. The van der Waals surface area contributed by atoms with Gasteiger partial charge in [0.05, 0.1) is 29.8 Å². The summed E-state index contributed by atoms with van der Waals surface area (Å²) in [5, 5.41) is 0.602. The third-order valence-electron chi connectivity index (χ3n) is 4.38. The van der Waals surface area contributed by atoms with Crippen LogP contribution in [-0.4, -0.2) is 29.4 Å². The molecule has 5 nitrogen and oxygen atoms in total. The van der Waals surface area contributed by atoms with E-state index in [4.69, 9.17) is 9.47 Å². The highest BCUT2D eigenvalue weighted by Gasteiger charge is 2.12. The van der Waals surface area contributed by atoms with Gasteiger partial charge < -0.3 is 9.47 Å². The highest BCUT2D eigenvalue weighted by Crippen LogP contribution is 2.14. The molecular formula is C22H26N2O3. The molecule has 0 aliphatic rings. The second kappa shape index (κ2) is 9.44. The molecule has 0 fully saturated rings. The van der Waals surface area contributed by atoms with Crippen LogP contribution in [0, 0.1) is 6.92 Å². The van der Waals surface area contributed by atoms with Crippen LogP contribution in [0.15, 0.2) is 53.3 Å². The maximum atomic E-state index is 13.1. The number of para-hydroxylation sites is 1. The molecule has 0 unspecified atom stereocenters. The van der Waals surface area contributed by atoms with Gasteiger partial charge in [0.25, 0.3) is 5.56 Å². The Morgan fingerprint density at radius 2 is 1.70 bits per heavy atom. The van der Waals surface area contributed by atoms with E-state index in [-0.39, 0.29) is 12.2 Å². The molecule has 1 aromatic heterocycles. The number of ether oxygens (including phenoxy) is 2. The second-order valence-electron chi connectivity index (χ2n) is 6.54. The van der Waals surface area contributed by atoms with E-state index in [0.29, 0.717) is 29.9 Å². The second-order valence-corrected chi connectivity index (χ2v) is 6.54. The summed E-state index contributed by atoms with van der Waals surface area (Å²) in [7, 11) is 0. The number of nitrogens with zero attached hydrogens (tertiary/aromatic N) is 2. The minimum atomic E-state index is -0.0813. The lowest BCUT2D eigenvalue weighted by atomic mass is 10.2. The Hall–Kier alpha value is -2.50. The van der Waals surface area contributed by atoms with Crippen molar-refractivity contribution in [3.8, 4) is 5.69 Å². The van der Waals surface area contributed by atoms with Crippen LogP contribution in [0.5, 0.6) is 0 Å². The van der Waals surface area contributed by atoms with Crippen molar-refractivity contribution < 1.29 is 9.47 Å². The van der Waals surface area contributed by atoms with Gasteiger partial charge in [-0.15, -0.1) is 0 Å². The molecule has 1 heterocycles. The standard InChI is InChI=1S/C22H26N2O3/c1-3-4-13-26-14-15-27-16-21-23-20-8-6-5-7-19(20)22(25)24(21)18-11-9-17(2)10-12-18/h5-12H,3-4,13-16H2,1-2H3. The van der Waals surface area contributed by atoms with Gasteiger partial charge in [-0.25, -0.2) is 4.98 Å². The van der Waals surface area contributed by atoms with Crippen molar-refractivity contribution >= 4 is 10.9 Å². The van der Waals surface area contributed by atoms with E-state index in [1.807, 2.05) is 55.5 Å². The lowest BCUT2D eigenvalue weighted by Crippen LogP contribution is -2.24. The van der Waals surface area contributed by atoms with Crippen LogP contribution >= 0.6 is 0 Å². The van der Waals surface area contributed by atoms with E-state index in [1.54, 1.807) is 4.57 Å². The van der Waals surface area contributed by atoms with Crippen LogP contribution in [0.1, 0.15) is 31.2 Å². The number of hydrogen-bond donors (Lipinski definition) is 0. The van der Waals surface area contributed by atoms with Crippen molar-refractivity contribution in [3.63, 3.8) is 0 Å². The number of hydrogen-bond acceptors (Lipinski definition) is 4. The Balaban J connectivity index is 1.85. The summed E-state index contributed by atoms with van der Waals surface area (Å²) in [6.45, 7) is 6.18. The number of rotatable bonds is 9. The first-order valence-electron chi connectivity index (χ1n) is 9.44. The monoisotopic (exact) mass is 366 g/mol. The Labute approximate surface area is 159 Å². The van der Waals surface area contributed by atoms with Crippen LogP contribution in [0.3, 0.4) is 0 Å². The van der Waals surface area contributed by atoms with Crippen molar-refractivity contribution in [2.24, 2.45) is 0 Å². The topological polar surface area (TPSA) is 53.4 Å². The molecule has 3 rings (SSSR count). The van der Waals surface area contributed by atoms with Crippen molar-refractivity contribution in [1.29, 1.82) is 0 Å². The van der Waals surface area contributed by atoms with Gasteiger partial charge in [0, 0.05) is 6.61 Å². The smallest absolute Gasteiger partial charge is 0.266 e. The van der Waals surface area contributed by atoms with E-state index in [9.17, 15) is 4.79 Å². The molecule has 0 N–H and O–H groups in total. The zero-order valence-corrected chi connectivity index (χ0v) is 16.0. The third-order valence-corrected chi connectivity index (χ3v) is 4.38. The molecule has 2 aromatic carbocycles. The Morgan fingerprint density at radius 1 is 0.963 bits per heavy atom. The summed E-state index contributed by atoms with van der Waals surface area (Å²) in [5.74, 6) is 0.594. The molecular weight excluding hydrogens is 340 g/mol. The minimum absolute atomic E-state index is 0.0813. The van der Waals surface area contributed by atoms with E-state index in [2.05, 4.69) is 11.9 Å². The Morgan fingerprint density at radius 3 is 2.48 bits per heavy atom. The summed E-state index contributed by atoms with van der Waals surface area (Å²) >= 11 is 0. The predicted octanol–water partition coefficient (Wildman–Crippen LogP) is 4.03. The number of fused-ring (bicyclic) bond motifs is 1. The first-order chi connectivity index (χ1) is 13.2. The predicted molar refractivity (Wildman–Crippen MR) is 107 cm³/mol. The summed E-state index contributed by atoms with van der Waals surface area (Å²) in [4.78, 5) is 17.8. The van der Waals surface area contributed by atoms with Gasteiger partial charge in [-0.2, -0.15) is 0 Å². The number of aryl methyl sites for hydroxylation is 1. The fourth-order valence-electron chi connectivity index (χ4n) is 2.87. The Kier molecular flexibility index (Phi) is 6.74. The average molecular weight is 366 g/mol. The average Bonchev–Trinajstić information content (AvgIpc) is 2.68. The van der Waals surface area contributed by atoms with E-state index >= 15 is 0 Å². The van der Waals surface area contributed by atoms with Crippen molar-refractivity contribution in [3.05, 3.63) is 70.3 Å². The quantitative estimate of drug-likeness (QED) is 0.537. The van der Waals surface area contributed by atoms with E-state index < -0.39 is 0 Å². The molecule has 0 atom stereocenters. The van der Waals surface area contributed by atoms with Gasteiger partial charge in [0.15, 0.2) is 0 Å². The fraction of sp³-hybridized carbons (Fsp3) is 0.364. The van der Waals surface area contributed by atoms with Crippen LogP contribution in [0.25, 0.3) is 16.6 Å². The third kappa shape index (κ3) is 4.81. The van der Waals surface area contributed by atoms with Gasteiger partial charge in [0.2, 0.25) is 0 Å². The lowest BCUT2D eigenvalue weighted by molar-refractivity contribution is 0.0368. The van der Waals surface area contributed by atoms with Gasteiger partial charge >= 0.3 is 0 Å². The SMILES string of the molecule is CCCCOCCOCc1nc2ccccc2c(=O)n1-c1ccc(C)cc1. The normalized spacial score (nSPS) is 11.2. The van der Waals surface area contributed by atoms with Crippen LogP contribution in [0.2, 0.25) is 0 Å². The molecule has 0 bridgehead atoms. The van der Waals surface area contributed by atoms with Crippen molar-refractivity contribution in [1.82, 2.24) is 9.55 Å². The van der Waals surface area contributed by atoms with Crippen LogP contribution in [-0.2, 0) is 16.1 Å². The van der Waals surface area contributed by atoms with Crippen LogP contribution < -0.4 is 5.56 Å². The Bertz CT molecular complexity index is 932. The molecule has 3 aromatic rings. The maximum Gasteiger partial charge on any atom is 0.266 e. The molecule has 5 heteroatoms. The molecule has 0 saturated heterocycles. The van der Waals surface area contributed by atoms with Gasteiger partial charge in [-0.3, -0.25) is 9.36 Å². The zero-order valence-electron chi connectivity index (χ0n) is 16.0. The molecule has 142 valence electrons. The first-order valence-corrected chi connectivity index (χ1v) is 9.44. The van der Waals surface area contributed by atoms with Gasteiger partial charge in [-0.05, 0) is 37.6 Å². The van der Waals surface area contributed by atoms with Gasteiger partial charge in [0.1, 0.15) is 12.4 Å². The van der Waals surface area contributed by atoms with Crippen LogP contribution in [0.4, 0.5) is 0 Å². The summed E-state index contributed by atoms with van der Waals surface area (Å²) < 4.78 is 12.9. The summed E-state index contributed by atoms with van der Waals surface area (Å²) in [6.07, 6.45) is 2.17. The highest BCUT2D eigenvalue weighted by atomic mass is 16.5. The largest absolute Gasteiger partial charge is 0.379 e. The van der Waals surface area contributed by atoms with Crippen molar-refractivity contribution in [2.45, 2.75) is 33.3 Å².